The molecule has 0 spiro atoms. The fourth-order valence-corrected chi connectivity index (χ4v) is 2.60. The molecule has 0 saturated carbocycles. The lowest BCUT2D eigenvalue weighted by molar-refractivity contribution is -0.122. The van der Waals surface area contributed by atoms with Crippen molar-refractivity contribution in [2.45, 2.75) is 12.8 Å². The Kier molecular flexibility index (Phi) is 4.38. The summed E-state index contributed by atoms with van der Waals surface area (Å²) in [5.74, 6) is -1.05. The van der Waals surface area contributed by atoms with Gasteiger partial charge < -0.3 is 10.1 Å². The van der Waals surface area contributed by atoms with Crippen LogP contribution in [0.5, 0.6) is 0 Å². The molecule has 7 heteroatoms. The minimum absolute atomic E-state index is 0.0929. The molecule has 1 aliphatic rings. The van der Waals surface area contributed by atoms with Gasteiger partial charge in [0.05, 0.1) is 5.69 Å². The number of anilines is 1. The molecule has 23 heavy (non-hydrogen) atoms. The zero-order valence-electron chi connectivity index (χ0n) is 12.7. The SMILES string of the molecule is Cn1nc(-c2ccc(F)cc2F)cc1NC(=O)C1CCOCC1. The van der Waals surface area contributed by atoms with E-state index in [1.165, 1.54) is 16.8 Å². The van der Waals surface area contributed by atoms with Gasteiger partial charge in [-0.25, -0.2) is 8.78 Å². The number of rotatable bonds is 3. The normalized spacial score (nSPS) is 15.6. The summed E-state index contributed by atoms with van der Waals surface area (Å²) in [6.45, 7) is 1.16. The number of nitrogens with one attached hydrogen (secondary N) is 1. The third-order valence-corrected chi connectivity index (χ3v) is 3.93. The van der Waals surface area contributed by atoms with Gasteiger partial charge in [0.1, 0.15) is 17.5 Å². The molecule has 1 aromatic carbocycles. The Labute approximate surface area is 132 Å². The quantitative estimate of drug-likeness (QED) is 0.946. The van der Waals surface area contributed by atoms with Crippen molar-refractivity contribution in [3.63, 3.8) is 0 Å². The van der Waals surface area contributed by atoms with E-state index >= 15 is 0 Å². The summed E-state index contributed by atoms with van der Waals surface area (Å²) in [5.41, 5.74) is 0.529. The lowest BCUT2D eigenvalue weighted by Crippen LogP contribution is -2.29. The molecule has 1 saturated heterocycles. The molecular formula is C16H17F2N3O2. The maximum Gasteiger partial charge on any atom is 0.228 e. The van der Waals surface area contributed by atoms with Gasteiger partial charge in [-0.05, 0) is 25.0 Å². The van der Waals surface area contributed by atoms with Gasteiger partial charge in [0.15, 0.2) is 0 Å². The van der Waals surface area contributed by atoms with Crippen LogP contribution in [0.4, 0.5) is 14.6 Å². The maximum atomic E-state index is 13.8. The van der Waals surface area contributed by atoms with E-state index in [1.807, 2.05) is 0 Å². The van der Waals surface area contributed by atoms with Crippen LogP contribution in [0.15, 0.2) is 24.3 Å². The fourth-order valence-electron chi connectivity index (χ4n) is 2.60. The van der Waals surface area contributed by atoms with E-state index in [2.05, 4.69) is 10.4 Å². The van der Waals surface area contributed by atoms with Crippen molar-refractivity contribution >= 4 is 11.7 Å². The highest BCUT2D eigenvalue weighted by Gasteiger charge is 2.23. The van der Waals surface area contributed by atoms with Gasteiger partial charge in [0.2, 0.25) is 5.91 Å². The van der Waals surface area contributed by atoms with E-state index in [4.69, 9.17) is 4.74 Å². The van der Waals surface area contributed by atoms with Crippen LogP contribution < -0.4 is 5.32 Å². The van der Waals surface area contributed by atoms with Gasteiger partial charge in [-0.2, -0.15) is 5.10 Å². The van der Waals surface area contributed by atoms with Crippen molar-refractivity contribution in [1.82, 2.24) is 9.78 Å². The van der Waals surface area contributed by atoms with E-state index in [1.54, 1.807) is 13.1 Å². The lowest BCUT2D eigenvalue weighted by atomic mass is 9.99. The summed E-state index contributed by atoms with van der Waals surface area (Å²) in [7, 11) is 1.66. The molecule has 5 nitrogen and oxygen atoms in total. The van der Waals surface area contributed by atoms with Gasteiger partial charge in [-0.3, -0.25) is 9.48 Å². The van der Waals surface area contributed by atoms with Gasteiger partial charge in [-0.15, -0.1) is 0 Å². The monoisotopic (exact) mass is 321 g/mol. The molecule has 1 aromatic heterocycles. The Morgan fingerprint density at radius 3 is 2.74 bits per heavy atom. The largest absolute Gasteiger partial charge is 0.381 e. The van der Waals surface area contributed by atoms with Gasteiger partial charge >= 0.3 is 0 Å². The van der Waals surface area contributed by atoms with Crippen molar-refractivity contribution in [3.8, 4) is 11.3 Å². The predicted octanol–water partition coefficient (Wildman–Crippen LogP) is 2.73. The van der Waals surface area contributed by atoms with Crippen molar-refractivity contribution in [1.29, 1.82) is 0 Å². The first kappa shape index (κ1) is 15.6. The van der Waals surface area contributed by atoms with Crippen LogP contribution in [0.25, 0.3) is 11.3 Å². The number of hydrogen-bond donors (Lipinski definition) is 1. The van der Waals surface area contributed by atoms with Crippen LogP contribution in [0.2, 0.25) is 0 Å². The minimum atomic E-state index is -0.689. The second-order valence-electron chi connectivity index (χ2n) is 5.54. The summed E-state index contributed by atoms with van der Waals surface area (Å²) in [6, 6.07) is 4.89. The third-order valence-electron chi connectivity index (χ3n) is 3.93. The van der Waals surface area contributed by atoms with Gasteiger partial charge in [0, 0.05) is 43.9 Å². The fraction of sp³-hybridized carbons (Fsp3) is 0.375. The molecule has 0 radical (unpaired) electrons. The van der Waals surface area contributed by atoms with E-state index < -0.39 is 11.6 Å². The molecule has 3 rings (SSSR count). The predicted molar refractivity (Wildman–Crippen MR) is 80.7 cm³/mol. The van der Waals surface area contributed by atoms with Crippen LogP contribution in [-0.2, 0) is 16.6 Å². The molecule has 0 aliphatic carbocycles. The zero-order valence-corrected chi connectivity index (χ0v) is 12.7. The summed E-state index contributed by atoms with van der Waals surface area (Å²) in [5, 5.41) is 6.99. The number of hydrogen-bond acceptors (Lipinski definition) is 3. The average Bonchev–Trinajstić information content (AvgIpc) is 2.88. The summed E-state index contributed by atoms with van der Waals surface area (Å²) < 4.78 is 33.5. The highest BCUT2D eigenvalue weighted by molar-refractivity contribution is 5.92. The minimum Gasteiger partial charge on any atom is -0.381 e. The number of aromatic nitrogens is 2. The van der Waals surface area contributed by atoms with Crippen LogP contribution >= 0.6 is 0 Å². The number of carbonyl (C=O) groups is 1. The number of halogens is 2. The second kappa shape index (κ2) is 6.45. The number of aryl methyl sites for hydroxylation is 1. The molecule has 2 heterocycles. The number of nitrogens with zero attached hydrogens (tertiary/aromatic N) is 2. The smallest absolute Gasteiger partial charge is 0.228 e. The van der Waals surface area contributed by atoms with Crippen LogP contribution in [-0.4, -0.2) is 28.9 Å². The Morgan fingerprint density at radius 1 is 1.30 bits per heavy atom. The highest BCUT2D eigenvalue weighted by atomic mass is 19.1. The Morgan fingerprint density at radius 2 is 2.04 bits per heavy atom. The zero-order chi connectivity index (χ0) is 16.4. The van der Waals surface area contributed by atoms with Crippen LogP contribution in [0.3, 0.4) is 0 Å². The van der Waals surface area contributed by atoms with E-state index in [-0.39, 0.29) is 17.4 Å². The number of ether oxygens (including phenoxy) is 1. The first-order valence-electron chi connectivity index (χ1n) is 7.42. The summed E-state index contributed by atoms with van der Waals surface area (Å²) >= 11 is 0. The number of amides is 1. The molecule has 0 unspecified atom stereocenters. The molecule has 122 valence electrons. The molecule has 1 fully saturated rings. The van der Waals surface area contributed by atoms with Crippen molar-refractivity contribution < 1.29 is 18.3 Å². The molecule has 2 aromatic rings. The molecular weight excluding hydrogens is 304 g/mol. The van der Waals surface area contributed by atoms with E-state index in [0.29, 0.717) is 37.6 Å². The molecule has 0 bridgehead atoms. The number of benzene rings is 1. The third kappa shape index (κ3) is 3.39. The molecule has 1 amide bonds. The van der Waals surface area contributed by atoms with Gasteiger partial charge in [-0.1, -0.05) is 0 Å². The molecule has 1 N–H and O–H groups in total. The van der Waals surface area contributed by atoms with E-state index in [9.17, 15) is 13.6 Å². The Balaban J connectivity index is 1.79. The number of carbonyl (C=O) groups excluding carboxylic acids is 1. The topological polar surface area (TPSA) is 56.2 Å². The Hall–Kier alpha value is -2.28. The first-order valence-corrected chi connectivity index (χ1v) is 7.42. The van der Waals surface area contributed by atoms with Gasteiger partial charge in [0.25, 0.3) is 0 Å². The summed E-state index contributed by atoms with van der Waals surface area (Å²) in [4.78, 5) is 12.2. The van der Waals surface area contributed by atoms with Crippen molar-refractivity contribution in [3.05, 3.63) is 35.9 Å². The maximum absolute atomic E-state index is 13.8. The highest BCUT2D eigenvalue weighted by Crippen LogP contribution is 2.25. The molecule has 0 atom stereocenters. The van der Waals surface area contributed by atoms with Crippen LogP contribution in [0, 0.1) is 17.6 Å². The standard InChI is InChI=1S/C16H17F2N3O2/c1-21-15(19-16(22)10-4-6-23-7-5-10)9-14(20-21)12-3-2-11(17)8-13(12)18/h2-3,8-10H,4-7H2,1H3,(H,19,22). The lowest BCUT2D eigenvalue weighted by Gasteiger charge is -2.21. The average molecular weight is 321 g/mol. The van der Waals surface area contributed by atoms with Crippen LogP contribution in [0.1, 0.15) is 12.8 Å². The molecule has 1 aliphatic heterocycles. The van der Waals surface area contributed by atoms with E-state index in [0.717, 1.165) is 6.07 Å². The summed E-state index contributed by atoms with van der Waals surface area (Å²) in [6.07, 6.45) is 1.37. The second-order valence-corrected chi connectivity index (χ2v) is 5.54. The first-order chi connectivity index (χ1) is 11.0. The Bertz CT molecular complexity index is 724. The van der Waals surface area contributed by atoms with Crippen molar-refractivity contribution in [2.24, 2.45) is 13.0 Å². The van der Waals surface area contributed by atoms with Crippen molar-refractivity contribution in [2.75, 3.05) is 18.5 Å².